The van der Waals surface area contributed by atoms with E-state index in [0.717, 1.165) is 12.8 Å². The van der Waals surface area contributed by atoms with Gasteiger partial charge in [0.25, 0.3) is 5.91 Å². The minimum atomic E-state index is -1.07. The zero-order valence-electron chi connectivity index (χ0n) is 9.68. The van der Waals surface area contributed by atoms with Gasteiger partial charge in [-0.25, -0.2) is 4.79 Å². The molecule has 3 N–H and O–H groups in total. The maximum atomic E-state index is 11.8. The number of hydrogen-bond acceptors (Lipinski definition) is 3. The predicted molar refractivity (Wildman–Crippen MR) is 63.3 cm³/mol. The number of H-pyrrole nitrogens is 1. The second-order valence-electron chi connectivity index (χ2n) is 4.47. The molecule has 1 atom stereocenters. The first-order chi connectivity index (χ1) is 8.58. The van der Waals surface area contributed by atoms with Crippen LogP contribution in [0.15, 0.2) is 23.3 Å². The molecule has 0 radical (unpaired) electrons. The van der Waals surface area contributed by atoms with Crippen LogP contribution in [0.3, 0.4) is 0 Å². The number of nitrogens with one attached hydrogen (secondary N) is 2. The Morgan fingerprint density at radius 1 is 1.50 bits per heavy atom. The summed E-state index contributed by atoms with van der Waals surface area (Å²) < 4.78 is 0. The average Bonchev–Trinajstić information content (AvgIpc) is 3.12. The number of carboxylic acids is 1. The van der Waals surface area contributed by atoms with Crippen LogP contribution in [0.25, 0.3) is 0 Å². The first kappa shape index (κ1) is 12.3. The maximum Gasteiger partial charge on any atom is 0.326 e. The summed E-state index contributed by atoms with van der Waals surface area (Å²) in [6, 6.07) is 0.301. The van der Waals surface area contributed by atoms with E-state index in [2.05, 4.69) is 10.3 Å². The molecule has 0 aromatic carbocycles. The number of carbonyl (C=O) groups is 2. The van der Waals surface area contributed by atoms with Gasteiger partial charge in [-0.3, -0.25) is 9.59 Å². The molecule has 0 aliphatic heterocycles. The van der Waals surface area contributed by atoms with Gasteiger partial charge in [0.05, 0.1) is 0 Å². The Hall–Kier alpha value is -2.11. The molecule has 1 fully saturated rings. The quantitative estimate of drug-likeness (QED) is 0.702. The predicted octanol–water partition coefficient (Wildman–Crippen LogP) is 0.358. The zero-order chi connectivity index (χ0) is 13.1. The van der Waals surface area contributed by atoms with E-state index in [0.29, 0.717) is 12.3 Å². The lowest BCUT2D eigenvalue weighted by molar-refractivity contribution is -0.139. The molecule has 0 spiro atoms. The molecule has 0 bridgehead atoms. The highest BCUT2D eigenvalue weighted by Crippen LogP contribution is 2.33. The van der Waals surface area contributed by atoms with E-state index in [1.165, 1.54) is 18.5 Å². The van der Waals surface area contributed by atoms with Crippen molar-refractivity contribution in [1.29, 1.82) is 0 Å². The molecular weight excluding hydrogens is 236 g/mol. The molecule has 1 aromatic rings. The van der Waals surface area contributed by atoms with E-state index >= 15 is 0 Å². The molecule has 1 aliphatic rings. The highest BCUT2D eigenvalue weighted by molar-refractivity contribution is 5.96. The Labute approximate surface area is 103 Å². The highest BCUT2D eigenvalue weighted by atomic mass is 16.4. The molecule has 0 unspecified atom stereocenters. The summed E-state index contributed by atoms with van der Waals surface area (Å²) >= 11 is 0. The lowest BCUT2D eigenvalue weighted by Crippen LogP contribution is -2.42. The summed E-state index contributed by atoms with van der Waals surface area (Å²) in [4.78, 5) is 36.8. The Balaban J connectivity index is 2.06. The summed E-state index contributed by atoms with van der Waals surface area (Å²) in [6.07, 6.45) is 5.12. The van der Waals surface area contributed by atoms with Crippen molar-refractivity contribution >= 4 is 11.9 Å². The van der Waals surface area contributed by atoms with Crippen molar-refractivity contribution < 1.29 is 14.7 Å². The molecule has 1 heterocycles. The van der Waals surface area contributed by atoms with Gasteiger partial charge in [0.2, 0.25) is 0 Å². The minimum Gasteiger partial charge on any atom is -0.480 e. The van der Waals surface area contributed by atoms with Crippen LogP contribution in [-0.4, -0.2) is 28.0 Å². The molecule has 0 saturated heterocycles. The van der Waals surface area contributed by atoms with Crippen molar-refractivity contribution in [3.8, 4) is 0 Å². The van der Waals surface area contributed by atoms with Crippen LogP contribution in [0.4, 0.5) is 0 Å². The van der Waals surface area contributed by atoms with Gasteiger partial charge in [0, 0.05) is 18.5 Å². The third-order valence-electron chi connectivity index (χ3n) is 2.94. The summed E-state index contributed by atoms with van der Waals surface area (Å²) in [7, 11) is 0. The first-order valence-corrected chi connectivity index (χ1v) is 5.78. The fourth-order valence-electron chi connectivity index (χ4n) is 1.74. The Bertz CT molecular complexity index is 519. The normalized spacial score (nSPS) is 16.0. The molecule has 1 aliphatic carbocycles. The van der Waals surface area contributed by atoms with Crippen molar-refractivity contribution in [2.24, 2.45) is 5.92 Å². The SMILES string of the molecule is O=C(N[C@@H](CC1CC1)C(=O)O)c1c[nH]ccc1=O. The number of rotatable bonds is 5. The summed E-state index contributed by atoms with van der Waals surface area (Å²) in [5.41, 5.74) is -0.499. The second-order valence-corrected chi connectivity index (χ2v) is 4.47. The number of hydrogen-bond donors (Lipinski definition) is 3. The Morgan fingerprint density at radius 3 is 2.78 bits per heavy atom. The van der Waals surface area contributed by atoms with Crippen LogP contribution >= 0.6 is 0 Å². The van der Waals surface area contributed by atoms with Crippen molar-refractivity contribution in [3.63, 3.8) is 0 Å². The van der Waals surface area contributed by atoms with Crippen LogP contribution in [0.5, 0.6) is 0 Å². The Morgan fingerprint density at radius 2 is 2.22 bits per heavy atom. The Kier molecular flexibility index (Phi) is 3.45. The smallest absolute Gasteiger partial charge is 0.326 e. The van der Waals surface area contributed by atoms with Crippen LogP contribution in [0.2, 0.25) is 0 Å². The number of pyridine rings is 1. The van der Waals surface area contributed by atoms with Gasteiger partial charge in [-0.15, -0.1) is 0 Å². The van der Waals surface area contributed by atoms with E-state index in [1.807, 2.05) is 0 Å². The van der Waals surface area contributed by atoms with E-state index in [1.54, 1.807) is 0 Å². The highest BCUT2D eigenvalue weighted by Gasteiger charge is 2.30. The molecule has 6 nitrogen and oxygen atoms in total. The maximum absolute atomic E-state index is 11.8. The summed E-state index contributed by atoms with van der Waals surface area (Å²) in [5, 5.41) is 11.4. The van der Waals surface area contributed by atoms with Crippen LogP contribution < -0.4 is 10.7 Å². The molecule has 1 aromatic heterocycles. The number of carbonyl (C=O) groups excluding carboxylic acids is 1. The fraction of sp³-hybridized carbons (Fsp3) is 0.417. The lowest BCUT2D eigenvalue weighted by Gasteiger charge is -2.13. The van der Waals surface area contributed by atoms with E-state index in [9.17, 15) is 14.4 Å². The van der Waals surface area contributed by atoms with Crippen molar-refractivity contribution in [2.75, 3.05) is 0 Å². The van der Waals surface area contributed by atoms with Crippen LogP contribution in [0.1, 0.15) is 29.6 Å². The van der Waals surface area contributed by atoms with Crippen LogP contribution in [0, 0.1) is 5.92 Å². The average molecular weight is 250 g/mol. The number of aromatic nitrogens is 1. The molecule has 2 rings (SSSR count). The second kappa shape index (κ2) is 5.03. The third-order valence-corrected chi connectivity index (χ3v) is 2.94. The minimum absolute atomic E-state index is 0.0699. The van der Waals surface area contributed by atoms with Crippen molar-refractivity contribution in [1.82, 2.24) is 10.3 Å². The fourth-order valence-corrected chi connectivity index (χ4v) is 1.74. The summed E-state index contributed by atoms with van der Waals surface area (Å²) in [6.45, 7) is 0. The number of carboxylic acid groups (broad SMARTS) is 1. The third kappa shape index (κ3) is 2.97. The molecular formula is C12H14N2O4. The van der Waals surface area contributed by atoms with Gasteiger partial charge in [-0.2, -0.15) is 0 Å². The van der Waals surface area contributed by atoms with Gasteiger partial charge in [0.15, 0.2) is 5.43 Å². The van der Waals surface area contributed by atoms with E-state index in [4.69, 9.17) is 5.11 Å². The van der Waals surface area contributed by atoms with Gasteiger partial charge >= 0.3 is 5.97 Å². The summed E-state index contributed by atoms with van der Waals surface area (Å²) in [5.74, 6) is -1.34. The van der Waals surface area contributed by atoms with Gasteiger partial charge in [-0.05, 0) is 12.3 Å². The number of aromatic amines is 1. The number of amides is 1. The largest absolute Gasteiger partial charge is 0.480 e. The van der Waals surface area contributed by atoms with Crippen molar-refractivity contribution in [2.45, 2.75) is 25.3 Å². The van der Waals surface area contributed by atoms with Gasteiger partial charge in [-0.1, -0.05) is 12.8 Å². The van der Waals surface area contributed by atoms with Gasteiger partial charge in [0.1, 0.15) is 11.6 Å². The zero-order valence-corrected chi connectivity index (χ0v) is 9.68. The first-order valence-electron chi connectivity index (χ1n) is 5.78. The van der Waals surface area contributed by atoms with Crippen molar-refractivity contribution in [3.05, 3.63) is 34.2 Å². The molecule has 1 saturated carbocycles. The van der Waals surface area contributed by atoms with Gasteiger partial charge < -0.3 is 15.4 Å². The number of aliphatic carboxylic acids is 1. The molecule has 1 amide bonds. The van der Waals surface area contributed by atoms with E-state index < -0.39 is 23.3 Å². The van der Waals surface area contributed by atoms with Crippen LogP contribution in [-0.2, 0) is 4.79 Å². The standard InChI is InChI=1S/C12H14N2O4/c15-10-3-4-13-6-8(10)11(16)14-9(12(17)18)5-7-1-2-7/h3-4,6-7,9H,1-2,5H2,(H,13,15)(H,14,16)(H,17,18)/t9-/m0/s1. The molecule has 6 heteroatoms. The van der Waals surface area contributed by atoms with E-state index in [-0.39, 0.29) is 5.56 Å². The topological polar surface area (TPSA) is 99.3 Å². The molecule has 18 heavy (non-hydrogen) atoms. The molecule has 96 valence electrons. The lowest BCUT2D eigenvalue weighted by atomic mass is 10.1. The monoisotopic (exact) mass is 250 g/mol.